The molecule has 0 bridgehead atoms. The van der Waals surface area contributed by atoms with Gasteiger partial charge in [0.15, 0.2) is 0 Å². The molecule has 0 N–H and O–H groups in total. The molecule has 0 fully saturated rings. The first-order valence-corrected chi connectivity index (χ1v) is 13.5. The van der Waals surface area contributed by atoms with Gasteiger partial charge in [-0.1, -0.05) is 42.5 Å². The van der Waals surface area contributed by atoms with Gasteiger partial charge in [0.2, 0.25) is 0 Å². The van der Waals surface area contributed by atoms with Crippen LogP contribution >= 0.6 is 7.92 Å². The molecule has 3 aromatic carbocycles. The summed E-state index contributed by atoms with van der Waals surface area (Å²) in [6.07, 6.45) is 0. The van der Waals surface area contributed by atoms with Gasteiger partial charge in [-0.05, 0) is 85.9 Å². The second-order valence-corrected chi connectivity index (χ2v) is 12.2. The summed E-state index contributed by atoms with van der Waals surface area (Å²) in [5.74, 6) is 0. The Labute approximate surface area is 241 Å². The maximum atomic E-state index is 11.8. The van der Waals surface area contributed by atoms with E-state index in [1.165, 1.54) is 12.1 Å². The van der Waals surface area contributed by atoms with Gasteiger partial charge in [0.05, 0.1) is 9.79 Å². The molecule has 0 aliphatic heterocycles. The van der Waals surface area contributed by atoms with Crippen molar-refractivity contribution in [2.24, 2.45) is 0 Å². The van der Waals surface area contributed by atoms with Gasteiger partial charge in [-0.3, -0.25) is 0 Å². The fourth-order valence-electron chi connectivity index (χ4n) is 3.65. The minimum atomic E-state index is -4.70. The molecule has 0 saturated heterocycles. The average Bonchev–Trinajstić information content (AvgIpc) is 2.64. The maximum absolute atomic E-state index is 11.8. The molecule has 0 amide bonds. The zero-order chi connectivity index (χ0) is 23.1. The molecule has 164 valence electrons. The zero-order valence-corrected chi connectivity index (χ0v) is 25.9. The molecule has 0 aliphatic rings. The number of aryl methyl sites for hydroxylation is 4. The van der Waals surface area contributed by atoms with Crippen LogP contribution in [0.25, 0.3) is 0 Å². The van der Waals surface area contributed by atoms with Crippen molar-refractivity contribution in [2.75, 3.05) is 0 Å². The Morgan fingerprint density at radius 1 is 0.606 bits per heavy atom. The Bertz CT molecular complexity index is 1290. The molecule has 11 heteroatoms. The van der Waals surface area contributed by atoms with Crippen molar-refractivity contribution in [1.29, 1.82) is 0 Å². The van der Waals surface area contributed by atoms with E-state index >= 15 is 0 Å². The van der Waals surface area contributed by atoms with Gasteiger partial charge in [-0.2, -0.15) is 0 Å². The van der Waals surface area contributed by atoms with Gasteiger partial charge in [-0.15, -0.1) is 0 Å². The third kappa shape index (κ3) is 6.99. The molecule has 6 nitrogen and oxygen atoms in total. The summed E-state index contributed by atoms with van der Waals surface area (Å²) in [5, 5.41) is 2.06. The summed E-state index contributed by atoms with van der Waals surface area (Å²) in [5.41, 5.74) is 2.24. The van der Waals surface area contributed by atoms with Gasteiger partial charge in [0.1, 0.15) is 20.2 Å². The van der Waals surface area contributed by atoms with Crippen LogP contribution in [0.1, 0.15) is 22.3 Å². The van der Waals surface area contributed by atoms with Crippen LogP contribution in [0.4, 0.5) is 0 Å². The van der Waals surface area contributed by atoms with E-state index in [2.05, 4.69) is 0 Å². The van der Waals surface area contributed by atoms with Crippen LogP contribution in [-0.2, 0) is 20.2 Å². The van der Waals surface area contributed by atoms with Gasteiger partial charge < -0.3 is 9.11 Å². The molecule has 3 rings (SSSR count). The summed E-state index contributed by atoms with van der Waals surface area (Å²) in [4.78, 5) is -0.615. The van der Waals surface area contributed by atoms with E-state index in [4.69, 9.17) is 0 Å². The molecule has 3 aromatic rings. The van der Waals surface area contributed by atoms with E-state index in [9.17, 15) is 25.9 Å². The van der Waals surface area contributed by atoms with E-state index in [0.717, 1.165) is 16.4 Å². The summed E-state index contributed by atoms with van der Waals surface area (Å²) in [6, 6.07) is 15.3. The van der Waals surface area contributed by atoms with Crippen molar-refractivity contribution in [1.82, 2.24) is 0 Å². The fourth-order valence-corrected chi connectivity index (χ4v) is 7.89. The number of rotatable bonds is 5. The molecule has 0 atom stereocenters. The summed E-state index contributed by atoms with van der Waals surface area (Å²) in [6.45, 7) is 6.75. The number of hydrogen-bond acceptors (Lipinski definition) is 6. The van der Waals surface area contributed by atoms with E-state index in [1.54, 1.807) is 26.0 Å². The Morgan fingerprint density at radius 2 is 0.970 bits per heavy atom. The second-order valence-electron chi connectivity index (χ2n) is 7.39. The fraction of sp³-hybridized carbons (Fsp3) is 0.182. The Hall–Kier alpha value is -0.0900. The van der Waals surface area contributed by atoms with Crippen LogP contribution in [-0.4, -0.2) is 25.9 Å². The maximum Gasteiger partial charge on any atom is 1.00 e. The van der Waals surface area contributed by atoms with Crippen LogP contribution in [0.3, 0.4) is 0 Å². The van der Waals surface area contributed by atoms with Crippen LogP contribution in [0.5, 0.6) is 0 Å². The van der Waals surface area contributed by atoms with E-state index in [1.807, 2.05) is 44.2 Å². The molecule has 0 spiro atoms. The topological polar surface area (TPSA) is 114 Å². The molecule has 0 heterocycles. The predicted molar refractivity (Wildman–Crippen MR) is 120 cm³/mol. The largest absolute Gasteiger partial charge is 1.00 e. The van der Waals surface area contributed by atoms with Crippen molar-refractivity contribution in [3.05, 3.63) is 76.9 Å². The van der Waals surface area contributed by atoms with Crippen LogP contribution in [0, 0.1) is 27.7 Å². The smallest absolute Gasteiger partial charge is 0.744 e. The molecular weight excluding hydrogens is 501 g/mol. The molecule has 0 aromatic heterocycles. The van der Waals surface area contributed by atoms with Gasteiger partial charge in [-0.25, -0.2) is 16.8 Å². The van der Waals surface area contributed by atoms with E-state index in [0.29, 0.717) is 21.7 Å². The van der Waals surface area contributed by atoms with E-state index in [-0.39, 0.29) is 68.9 Å². The van der Waals surface area contributed by atoms with Gasteiger partial charge in [0, 0.05) is 0 Å². The van der Waals surface area contributed by atoms with Crippen molar-refractivity contribution in [3.63, 3.8) is 0 Å². The molecule has 0 radical (unpaired) electrons. The van der Waals surface area contributed by atoms with Crippen molar-refractivity contribution >= 4 is 44.1 Å². The third-order valence-electron chi connectivity index (χ3n) is 5.02. The van der Waals surface area contributed by atoms with Gasteiger partial charge in [0.25, 0.3) is 0 Å². The molecule has 0 unspecified atom stereocenters. The molecular formula is C22H21Na2O6PS2. The molecule has 33 heavy (non-hydrogen) atoms. The van der Waals surface area contributed by atoms with Crippen molar-refractivity contribution in [2.45, 2.75) is 37.5 Å². The van der Waals surface area contributed by atoms with Crippen LogP contribution < -0.4 is 75.0 Å². The second kappa shape index (κ2) is 11.8. The van der Waals surface area contributed by atoms with Gasteiger partial charge >= 0.3 is 59.1 Å². The Morgan fingerprint density at radius 3 is 1.30 bits per heavy atom. The SMILES string of the molecule is Cc1cc(C)c(S(=O)(=O)[O-])cc1P(c1ccccc1)c1cc(S(=O)(=O)[O-])c(C)cc1C.[Na+].[Na+]. The summed E-state index contributed by atoms with van der Waals surface area (Å²) < 4.78 is 71.0. The average molecular weight is 522 g/mol. The first-order valence-electron chi connectivity index (χ1n) is 9.30. The van der Waals surface area contributed by atoms with E-state index < -0.39 is 28.2 Å². The first-order chi connectivity index (χ1) is 14.3. The predicted octanol–water partition coefficient (Wildman–Crippen LogP) is -3.51. The van der Waals surface area contributed by atoms with Crippen LogP contribution in [0.2, 0.25) is 0 Å². The Kier molecular flexibility index (Phi) is 11.0. The molecule has 0 saturated carbocycles. The summed E-state index contributed by atoms with van der Waals surface area (Å²) >= 11 is 0. The normalized spacial score (nSPS) is 11.6. The van der Waals surface area contributed by atoms with Crippen molar-refractivity contribution < 1.29 is 85.1 Å². The third-order valence-corrected chi connectivity index (χ3v) is 9.72. The first kappa shape index (κ1) is 30.9. The van der Waals surface area contributed by atoms with Crippen molar-refractivity contribution in [3.8, 4) is 0 Å². The zero-order valence-electron chi connectivity index (χ0n) is 19.4. The standard InChI is InChI=1S/C22H23O6PS2.2Na/c1-14-10-16(3)21(30(23,24)25)12-19(14)29(18-8-6-5-7-9-18)20-13-22(31(26,27)28)17(4)11-15(20)2;;/h5-13H,1-4H3,(H,23,24,25)(H,26,27,28);;/q;2*+1/p-2. The van der Waals surface area contributed by atoms with Crippen LogP contribution in [0.15, 0.2) is 64.4 Å². The minimum absolute atomic E-state index is 0. The Balaban J connectivity index is 0.00000272. The number of hydrogen-bond donors (Lipinski definition) is 0. The molecule has 0 aliphatic carbocycles. The summed E-state index contributed by atoms with van der Waals surface area (Å²) in [7, 11) is -10.9. The number of benzene rings is 3. The quantitative estimate of drug-likeness (QED) is 0.195. The minimum Gasteiger partial charge on any atom is -0.744 e. The monoisotopic (exact) mass is 522 g/mol.